The third-order valence-corrected chi connectivity index (χ3v) is 1.89. The lowest BCUT2D eigenvalue weighted by Crippen LogP contribution is -2.10. The lowest BCUT2D eigenvalue weighted by Gasteiger charge is -2.06. The molecule has 5 nitrogen and oxygen atoms in total. The molecule has 0 spiro atoms. The van der Waals surface area contributed by atoms with Gasteiger partial charge < -0.3 is 14.4 Å². The van der Waals surface area contributed by atoms with Crippen molar-refractivity contribution in [3.05, 3.63) is 11.8 Å². The molecule has 0 aromatic heterocycles. The van der Waals surface area contributed by atoms with Gasteiger partial charge in [-0.25, -0.2) is 4.79 Å². The first kappa shape index (κ1) is 10.6. The van der Waals surface area contributed by atoms with Gasteiger partial charge in [0, 0.05) is 24.9 Å². The van der Waals surface area contributed by atoms with Crippen LogP contribution in [0.4, 0.5) is 0 Å². The first-order valence-corrected chi connectivity index (χ1v) is 4.27. The topological polar surface area (TPSA) is 55.6 Å². The molecule has 1 aliphatic rings. The van der Waals surface area contributed by atoms with E-state index in [4.69, 9.17) is 0 Å². The summed E-state index contributed by atoms with van der Waals surface area (Å²) in [7, 11) is 2.62. The van der Waals surface area contributed by atoms with Crippen LogP contribution in [0.1, 0.15) is 6.42 Å². The maximum Gasteiger partial charge on any atom is 0.332 e. The van der Waals surface area contributed by atoms with Crippen molar-refractivity contribution in [2.75, 3.05) is 27.3 Å². The zero-order valence-corrected chi connectivity index (χ0v) is 8.28. The molecular formula is C9H13NO4. The lowest BCUT2D eigenvalue weighted by molar-refractivity contribution is -0.140. The SMILES string of the molecule is COC(=O)/C=C(/CC(=O)OC)N1CC1. The number of methoxy groups -OCH3 is 2. The van der Waals surface area contributed by atoms with Crippen LogP contribution in [0.15, 0.2) is 11.8 Å². The van der Waals surface area contributed by atoms with Crippen molar-refractivity contribution in [2.45, 2.75) is 6.42 Å². The third-order valence-electron chi connectivity index (χ3n) is 1.89. The Hall–Kier alpha value is -1.52. The molecule has 0 aromatic carbocycles. The number of carbonyl (C=O) groups excluding carboxylic acids is 2. The Bertz CT molecular complexity index is 268. The van der Waals surface area contributed by atoms with Gasteiger partial charge in [-0.1, -0.05) is 0 Å². The molecule has 1 rings (SSSR count). The van der Waals surface area contributed by atoms with Crippen LogP contribution in [-0.2, 0) is 19.1 Å². The van der Waals surface area contributed by atoms with E-state index in [0.717, 1.165) is 13.1 Å². The van der Waals surface area contributed by atoms with Crippen molar-refractivity contribution in [3.63, 3.8) is 0 Å². The Labute approximate surface area is 82.3 Å². The fourth-order valence-electron chi connectivity index (χ4n) is 1.01. The van der Waals surface area contributed by atoms with Crippen LogP contribution < -0.4 is 0 Å². The smallest absolute Gasteiger partial charge is 0.332 e. The van der Waals surface area contributed by atoms with E-state index in [-0.39, 0.29) is 12.4 Å². The Balaban J connectivity index is 2.59. The summed E-state index contributed by atoms with van der Waals surface area (Å²) in [6, 6.07) is 0. The number of esters is 2. The number of carbonyl (C=O) groups is 2. The second kappa shape index (κ2) is 4.64. The molecule has 0 saturated carbocycles. The number of ether oxygens (including phenoxy) is 2. The third kappa shape index (κ3) is 3.08. The van der Waals surface area contributed by atoms with E-state index in [2.05, 4.69) is 9.47 Å². The number of nitrogens with zero attached hydrogens (tertiary/aromatic N) is 1. The average molecular weight is 199 g/mol. The van der Waals surface area contributed by atoms with Crippen molar-refractivity contribution < 1.29 is 19.1 Å². The molecule has 78 valence electrons. The molecule has 0 atom stereocenters. The van der Waals surface area contributed by atoms with Crippen molar-refractivity contribution in [1.29, 1.82) is 0 Å². The highest BCUT2D eigenvalue weighted by Crippen LogP contribution is 2.18. The van der Waals surface area contributed by atoms with E-state index in [0.29, 0.717) is 5.70 Å². The zero-order valence-electron chi connectivity index (χ0n) is 8.28. The standard InChI is InChI=1S/C9H13NO4/c1-13-8(11)5-7(10-3-4-10)6-9(12)14-2/h5H,3-4,6H2,1-2H3/b7-5-. The Morgan fingerprint density at radius 3 is 2.36 bits per heavy atom. The summed E-state index contributed by atoms with van der Waals surface area (Å²) >= 11 is 0. The van der Waals surface area contributed by atoms with Gasteiger partial charge in [-0.2, -0.15) is 0 Å². The van der Waals surface area contributed by atoms with Gasteiger partial charge in [0.15, 0.2) is 0 Å². The first-order chi connectivity index (χ1) is 6.67. The minimum absolute atomic E-state index is 0.117. The van der Waals surface area contributed by atoms with E-state index < -0.39 is 5.97 Å². The molecule has 1 fully saturated rings. The van der Waals surface area contributed by atoms with Gasteiger partial charge in [-0.3, -0.25) is 4.79 Å². The van der Waals surface area contributed by atoms with Gasteiger partial charge in [0.25, 0.3) is 0 Å². The van der Waals surface area contributed by atoms with Gasteiger partial charge in [-0.15, -0.1) is 0 Å². The van der Waals surface area contributed by atoms with Gasteiger partial charge >= 0.3 is 11.9 Å². The van der Waals surface area contributed by atoms with Crippen molar-refractivity contribution >= 4 is 11.9 Å². The summed E-state index contributed by atoms with van der Waals surface area (Å²) in [5, 5.41) is 0. The highest BCUT2D eigenvalue weighted by molar-refractivity contribution is 5.84. The zero-order chi connectivity index (χ0) is 10.6. The predicted octanol–water partition coefficient (Wildman–Crippen LogP) is -0.0780. The summed E-state index contributed by atoms with van der Waals surface area (Å²) in [5.41, 5.74) is 0.656. The molecular weight excluding hydrogens is 186 g/mol. The number of rotatable bonds is 4. The van der Waals surface area contributed by atoms with Gasteiger partial charge in [0.05, 0.1) is 20.6 Å². The fraction of sp³-hybridized carbons (Fsp3) is 0.556. The number of hydrogen-bond acceptors (Lipinski definition) is 5. The summed E-state index contributed by atoms with van der Waals surface area (Å²) in [5.74, 6) is -0.803. The second-order valence-corrected chi connectivity index (χ2v) is 2.90. The Morgan fingerprint density at radius 1 is 1.29 bits per heavy atom. The van der Waals surface area contributed by atoms with Gasteiger partial charge in [0.2, 0.25) is 0 Å². The van der Waals surface area contributed by atoms with Crippen LogP contribution in [0, 0.1) is 0 Å². The van der Waals surface area contributed by atoms with Crippen molar-refractivity contribution in [1.82, 2.24) is 4.90 Å². The van der Waals surface area contributed by atoms with Crippen LogP contribution in [0.3, 0.4) is 0 Å². The summed E-state index contributed by atoms with van der Waals surface area (Å²) < 4.78 is 9.00. The summed E-state index contributed by atoms with van der Waals surface area (Å²) in [6.45, 7) is 1.75. The molecule has 0 aliphatic carbocycles. The normalized spacial score (nSPS) is 15.0. The van der Waals surface area contributed by atoms with Gasteiger partial charge in [0.1, 0.15) is 0 Å². The Morgan fingerprint density at radius 2 is 1.93 bits per heavy atom. The summed E-state index contributed by atoms with van der Waals surface area (Å²) in [6.07, 6.45) is 1.44. The molecule has 0 radical (unpaired) electrons. The molecule has 1 aliphatic heterocycles. The maximum atomic E-state index is 11.0. The molecule has 0 bridgehead atoms. The minimum atomic E-state index is -0.448. The largest absolute Gasteiger partial charge is 0.469 e. The van der Waals surface area contributed by atoms with Crippen molar-refractivity contribution in [2.24, 2.45) is 0 Å². The first-order valence-electron chi connectivity index (χ1n) is 4.27. The maximum absolute atomic E-state index is 11.0. The second-order valence-electron chi connectivity index (χ2n) is 2.90. The van der Waals surface area contributed by atoms with Crippen LogP contribution in [-0.4, -0.2) is 44.1 Å². The molecule has 0 aromatic rings. The van der Waals surface area contributed by atoms with E-state index in [1.54, 1.807) is 0 Å². The molecule has 0 amide bonds. The number of hydrogen-bond donors (Lipinski definition) is 0. The van der Waals surface area contributed by atoms with Crippen LogP contribution in [0.2, 0.25) is 0 Å². The van der Waals surface area contributed by atoms with Crippen LogP contribution in [0.5, 0.6) is 0 Å². The van der Waals surface area contributed by atoms with Crippen LogP contribution in [0.25, 0.3) is 0 Å². The predicted molar refractivity (Wildman–Crippen MR) is 48.3 cm³/mol. The molecule has 1 saturated heterocycles. The average Bonchev–Trinajstić information content (AvgIpc) is 2.99. The molecule has 14 heavy (non-hydrogen) atoms. The highest BCUT2D eigenvalue weighted by Gasteiger charge is 2.23. The van der Waals surface area contributed by atoms with E-state index in [1.807, 2.05) is 4.90 Å². The molecule has 1 heterocycles. The van der Waals surface area contributed by atoms with E-state index in [1.165, 1.54) is 20.3 Å². The quantitative estimate of drug-likeness (QED) is 0.360. The van der Waals surface area contributed by atoms with E-state index in [9.17, 15) is 9.59 Å². The minimum Gasteiger partial charge on any atom is -0.469 e. The summed E-state index contributed by atoms with van der Waals surface area (Å²) in [4.78, 5) is 23.8. The molecule has 0 unspecified atom stereocenters. The molecule has 0 N–H and O–H groups in total. The van der Waals surface area contributed by atoms with E-state index >= 15 is 0 Å². The lowest BCUT2D eigenvalue weighted by atomic mass is 10.3. The van der Waals surface area contributed by atoms with Crippen LogP contribution >= 0.6 is 0 Å². The highest BCUT2D eigenvalue weighted by atomic mass is 16.5. The Kier molecular flexibility index (Phi) is 3.50. The molecule has 5 heteroatoms. The monoisotopic (exact) mass is 199 g/mol. The van der Waals surface area contributed by atoms with Gasteiger partial charge in [-0.05, 0) is 0 Å². The van der Waals surface area contributed by atoms with Crippen molar-refractivity contribution in [3.8, 4) is 0 Å². The fourth-order valence-corrected chi connectivity index (χ4v) is 1.01.